The first kappa shape index (κ1) is 36.1. The van der Waals surface area contributed by atoms with Crippen molar-refractivity contribution in [2.75, 3.05) is 28.4 Å². The average Bonchev–Trinajstić information content (AvgIpc) is 3.74. The van der Waals surface area contributed by atoms with Gasteiger partial charge in [-0.15, -0.1) is 12.0 Å². The number of hydrogen-bond donors (Lipinski definition) is 0. The van der Waals surface area contributed by atoms with E-state index in [2.05, 4.69) is 68.5 Å². The molecule has 4 aromatic carbocycles. The molecule has 2 aliphatic carbocycles. The summed E-state index contributed by atoms with van der Waals surface area (Å²) in [4.78, 5) is 0. The Balaban J connectivity index is 0.000000203. The van der Waals surface area contributed by atoms with Crippen LogP contribution < -0.4 is 29.2 Å². The van der Waals surface area contributed by atoms with Crippen LogP contribution in [-0.4, -0.2) is 31.6 Å². The van der Waals surface area contributed by atoms with Crippen LogP contribution in [0.4, 0.5) is 0 Å². The number of ether oxygens (including phenoxy) is 4. The summed E-state index contributed by atoms with van der Waals surface area (Å²) in [6.45, 7) is 4.25. The Morgan fingerprint density at radius 3 is 1.57 bits per heavy atom. The third-order valence-electron chi connectivity index (χ3n) is 5.97. The summed E-state index contributed by atoms with van der Waals surface area (Å²) in [5, 5.41) is 22.4. The second-order valence-electron chi connectivity index (χ2n) is 9.38. The van der Waals surface area contributed by atoms with E-state index in [0.29, 0.717) is 23.0 Å². The van der Waals surface area contributed by atoms with Crippen LogP contribution in [0.15, 0.2) is 97.1 Å². The van der Waals surface area contributed by atoms with Crippen LogP contribution in [0.1, 0.15) is 31.4 Å². The van der Waals surface area contributed by atoms with Crippen LogP contribution in [0.5, 0.6) is 34.5 Å². The van der Waals surface area contributed by atoms with E-state index < -0.39 is 0 Å². The molecule has 0 heterocycles. The Kier molecular flexibility index (Phi) is 16.4. The second-order valence-corrected chi connectivity index (χ2v) is 11.8. The van der Waals surface area contributed by atoms with Crippen molar-refractivity contribution < 1.29 is 53.4 Å². The molecule has 0 N–H and O–H groups in total. The Hall–Kier alpha value is -4.09. The van der Waals surface area contributed by atoms with Gasteiger partial charge in [-0.05, 0) is 42.2 Å². The van der Waals surface area contributed by atoms with E-state index in [1.165, 1.54) is 53.9 Å². The molecule has 7 heteroatoms. The molecule has 0 saturated carbocycles. The number of benzene rings is 4. The van der Waals surface area contributed by atoms with Gasteiger partial charge >= 0.3 is 41.3 Å². The molecule has 0 bridgehead atoms. The van der Waals surface area contributed by atoms with Gasteiger partial charge in [-0.1, -0.05) is 47.5 Å². The Labute approximate surface area is 276 Å². The number of rotatable bonds is 4. The molecule has 0 aromatic heterocycles. The monoisotopic (exact) mass is 668 g/mol. The van der Waals surface area contributed by atoms with Crippen molar-refractivity contribution in [3.8, 4) is 45.6 Å². The molecule has 0 fully saturated rings. The zero-order valence-electron chi connectivity index (χ0n) is 26.1. The van der Waals surface area contributed by atoms with E-state index in [4.69, 9.17) is 18.9 Å². The summed E-state index contributed by atoms with van der Waals surface area (Å²) >= 11 is 1.55. The van der Waals surface area contributed by atoms with E-state index in [1.807, 2.05) is 18.2 Å². The van der Waals surface area contributed by atoms with Crippen molar-refractivity contribution in [2.45, 2.75) is 26.7 Å². The molecule has 4 aromatic rings. The van der Waals surface area contributed by atoms with E-state index in [9.17, 15) is 10.2 Å². The fraction of sp³-hybridized carbons (Fsp3) is 0.216. The molecule has 0 radical (unpaired) electrons. The zero-order chi connectivity index (χ0) is 32.3. The van der Waals surface area contributed by atoms with Gasteiger partial charge in [-0.2, -0.15) is 35.9 Å². The minimum atomic E-state index is -0.211. The minimum Gasteiger partial charge on any atom is -0.273 e. The zero-order valence-corrected chi connectivity index (χ0v) is 28.6. The molecule has 0 saturated heterocycles. The number of methoxy groups -OCH3 is 4. The van der Waals surface area contributed by atoms with Crippen LogP contribution in [0, 0.1) is 12.1 Å². The van der Waals surface area contributed by atoms with Gasteiger partial charge in [-0.3, -0.25) is 6.08 Å². The molecule has 6 rings (SSSR count). The first-order valence-electron chi connectivity index (χ1n) is 13.8. The van der Waals surface area contributed by atoms with Gasteiger partial charge in [0.1, 0.15) is 23.0 Å². The third kappa shape index (κ3) is 11.5. The van der Waals surface area contributed by atoms with Crippen LogP contribution in [0.2, 0.25) is 0 Å². The van der Waals surface area contributed by atoms with Crippen molar-refractivity contribution in [3.63, 3.8) is 0 Å². The summed E-state index contributed by atoms with van der Waals surface area (Å²) in [6, 6.07) is 27.9. The first-order chi connectivity index (χ1) is 21.3. The molecular weight excluding hydrogens is 632 g/mol. The Morgan fingerprint density at radius 1 is 0.682 bits per heavy atom. The van der Waals surface area contributed by atoms with Crippen molar-refractivity contribution in [1.29, 1.82) is 0 Å². The van der Waals surface area contributed by atoms with Crippen molar-refractivity contribution in [2.24, 2.45) is 0 Å². The topological polar surface area (TPSA) is 83.0 Å². The Morgan fingerprint density at radius 2 is 1.16 bits per heavy atom. The maximum absolute atomic E-state index is 11.2. The van der Waals surface area contributed by atoms with Gasteiger partial charge in [-0.25, -0.2) is 12.2 Å². The first-order valence-corrected chi connectivity index (χ1v) is 15.1. The summed E-state index contributed by atoms with van der Waals surface area (Å²) in [5.41, 5.74) is 5.51. The van der Waals surface area contributed by atoms with E-state index in [-0.39, 0.29) is 11.5 Å². The predicted molar refractivity (Wildman–Crippen MR) is 169 cm³/mol. The molecular formula is C37H38O6Zr-2. The fourth-order valence-corrected chi connectivity index (χ4v) is 3.97. The van der Waals surface area contributed by atoms with Crippen LogP contribution >= 0.6 is 0 Å². The summed E-state index contributed by atoms with van der Waals surface area (Å²) < 4.78 is 20.7. The number of para-hydroxylation sites is 2. The van der Waals surface area contributed by atoms with Crippen LogP contribution in [-0.2, 0) is 30.7 Å². The molecule has 228 valence electrons. The van der Waals surface area contributed by atoms with E-state index in [1.54, 1.807) is 60.6 Å². The number of hydrogen-bond acceptors (Lipinski definition) is 6. The smallest absolute Gasteiger partial charge is 0.0253 e. The Bertz CT molecular complexity index is 1370. The SMILES string of the molecule is COc1cccc(OC)c1[O-].COc1cccc(OC)c1[O-].C[C](C)=[Zr+2].[C-]1=CC=CC1.[c-]1cccc2c1Cc1ccccc1-2. The van der Waals surface area contributed by atoms with Gasteiger partial charge in [0.15, 0.2) is 0 Å². The second kappa shape index (κ2) is 20.0. The van der Waals surface area contributed by atoms with Gasteiger partial charge in [0.2, 0.25) is 0 Å². The van der Waals surface area contributed by atoms with Crippen LogP contribution in [0.3, 0.4) is 0 Å². The van der Waals surface area contributed by atoms with Gasteiger partial charge < -0.3 is 29.2 Å². The fourth-order valence-electron chi connectivity index (χ4n) is 3.97. The molecule has 44 heavy (non-hydrogen) atoms. The number of allylic oxidation sites excluding steroid dienone is 4. The molecule has 6 nitrogen and oxygen atoms in total. The third-order valence-corrected chi connectivity index (χ3v) is 5.97. The standard InChI is InChI=1S/C13H9.2C8H10O3.C5H5.C3H6.Zr/c1-3-7-12-10(5-1)9-11-6-2-4-8-13(11)12;2*1-10-6-4-3-5-7(11-2)8(6)9;1-2-4-5-3-1;1-3-2;/h1-5,7-8H,9H2;2*3-5,9H,1-2H3;1-3H,4H2;1-2H3;/q-1;;;-1;;+2/p-2. The summed E-state index contributed by atoms with van der Waals surface area (Å²) in [6.07, 6.45) is 11.0. The van der Waals surface area contributed by atoms with Crippen molar-refractivity contribution in [3.05, 3.63) is 120 Å². The normalized spacial score (nSPS) is 10.9. The van der Waals surface area contributed by atoms with Crippen LogP contribution in [0.25, 0.3) is 11.1 Å². The molecule has 0 amide bonds. The van der Waals surface area contributed by atoms with E-state index in [0.717, 1.165) is 12.8 Å². The number of fused-ring (bicyclic) bond motifs is 3. The average molecular weight is 670 g/mol. The molecule has 0 unspecified atom stereocenters. The molecule has 0 spiro atoms. The maximum atomic E-state index is 11.2. The minimum absolute atomic E-state index is 0.211. The maximum Gasteiger partial charge on any atom is -0.0253 e. The summed E-state index contributed by atoms with van der Waals surface area (Å²) in [7, 11) is 5.82. The molecule has 0 atom stereocenters. The predicted octanol–water partition coefficient (Wildman–Crippen LogP) is 6.66. The molecule has 2 aliphatic rings. The van der Waals surface area contributed by atoms with Gasteiger partial charge in [0.25, 0.3) is 0 Å². The quantitative estimate of drug-likeness (QED) is 0.199. The van der Waals surface area contributed by atoms with Gasteiger partial charge in [0, 0.05) is 0 Å². The van der Waals surface area contributed by atoms with Crippen molar-refractivity contribution in [1.82, 2.24) is 0 Å². The molecule has 0 aliphatic heterocycles. The largest absolute Gasteiger partial charge is 0.273 e. The van der Waals surface area contributed by atoms with Crippen molar-refractivity contribution >= 4 is 3.21 Å². The summed E-state index contributed by atoms with van der Waals surface area (Å²) in [5.74, 6) is 0.817. The van der Waals surface area contributed by atoms with E-state index >= 15 is 0 Å². The van der Waals surface area contributed by atoms with Gasteiger partial charge in [0.05, 0.1) is 28.4 Å².